The van der Waals surface area contributed by atoms with Crippen molar-refractivity contribution in [2.24, 2.45) is 0 Å². The van der Waals surface area contributed by atoms with Gasteiger partial charge in [-0.15, -0.1) is 0 Å². The number of aromatic nitrogens is 1. The lowest BCUT2D eigenvalue weighted by Crippen LogP contribution is -2.42. The molecule has 45 heavy (non-hydrogen) atoms. The molecule has 0 saturated heterocycles. The van der Waals surface area contributed by atoms with Crippen LogP contribution in [-0.4, -0.2) is 51.6 Å². The van der Waals surface area contributed by atoms with Gasteiger partial charge in [-0.1, -0.05) is 87.1 Å². The fraction of sp³-hybridized carbons (Fsp3) is 0.528. The molecule has 0 unspecified atom stereocenters. The molecule has 2 aliphatic rings. The number of carbonyl (C=O) groups excluding carboxylic acids is 2. The van der Waals surface area contributed by atoms with E-state index in [0.29, 0.717) is 16.5 Å². The van der Waals surface area contributed by atoms with Crippen molar-refractivity contribution in [2.45, 2.75) is 122 Å². The monoisotopic (exact) mass is 619 g/mol. The van der Waals surface area contributed by atoms with Gasteiger partial charge in [0.15, 0.2) is 0 Å². The first kappa shape index (κ1) is 34.0. The Hall–Kier alpha value is -3.85. The molecule has 1 heterocycles. The van der Waals surface area contributed by atoms with Crippen LogP contribution in [-0.2, 0) is 27.3 Å². The van der Waals surface area contributed by atoms with E-state index in [1.165, 1.54) is 68.8 Å². The summed E-state index contributed by atoms with van der Waals surface area (Å²) in [6.07, 6.45) is 14.7. The van der Waals surface area contributed by atoms with Gasteiger partial charge in [0.2, 0.25) is 0 Å². The third kappa shape index (κ3) is 10.9. The SMILES string of the molecule is C1CCC(NC2CCCCC2)CC1.CC(C)(C)OC(=O)n1cc(C[C@H](NC(=O)OCc2ccccc2)C(=O)O)c2ccccc21. The molecule has 0 radical (unpaired) electrons. The first-order valence-electron chi connectivity index (χ1n) is 16.4. The Labute approximate surface area is 266 Å². The molecule has 2 aromatic carbocycles. The van der Waals surface area contributed by atoms with Crippen molar-refractivity contribution in [1.29, 1.82) is 0 Å². The lowest BCUT2D eigenvalue weighted by molar-refractivity contribution is -0.139. The maximum Gasteiger partial charge on any atom is 0.419 e. The third-order valence-corrected chi connectivity index (χ3v) is 8.29. The number of amides is 1. The van der Waals surface area contributed by atoms with Crippen LogP contribution in [0.25, 0.3) is 10.9 Å². The zero-order valence-corrected chi connectivity index (χ0v) is 26.9. The smallest absolute Gasteiger partial charge is 0.419 e. The van der Waals surface area contributed by atoms with E-state index in [4.69, 9.17) is 9.47 Å². The van der Waals surface area contributed by atoms with Crippen LogP contribution < -0.4 is 10.6 Å². The molecule has 0 spiro atoms. The van der Waals surface area contributed by atoms with Crippen molar-refractivity contribution in [2.75, 3.05) is 0 Å². The van der Waals surface area contributed by atoms with Crippen molar-refractivity contribution in [3.63, 3.8) is 0 Å². The number of nitrogens with zero attached hydrogens (tertiary/aromatic N) is 1. The van der Waals surface area contributed by atoms with Crippen LogP contribution in [0.2, 0.25) is 0 Å². The minimum absolute atomic E-state index is 0.0248. The Kier molecular flexibility index (Phi) is 12.4. The number of carbonyl (C=O) groups is 3. The van der Waals surface area contributed by atoms with Gasteiger partial charge in [-0.05, 0) is 63.6 Å². The van der Waals surface area contributed by atoms with Crippen LogP contribution in [0.4, 0.5) is 9.59 Å². The van der Waals surface area contributed by atoms with Gasteiger partial charge in [-0.2, -0.15) is 0 Å². The van der Waals surface area contributed by atoms with Crippen LogP contribution in [0.5, 0.6) is 0 Å². The summed E-state index contributed by atoms with van der Waals surface area (Å²) in [5.74, 6) is -1.21. The van der Waals surface area contributed by atoms with Crippen molar-refractivity contribution in [3.05, 3.63) is 71.9 Å². The van der Waals surface area contributed by atoms with Gasteiger partial charge >= 0.3 is 18.2 Å². The number of para-hydroxylation sites is 1. The number of carboxylic acid groups (broad SMARTS) is 1. The second-order valence-electron chi connectivity index (χ2n) is 13.2. The molecule has 244 valence electrons. The van der Waals surface area contributed by atoms with Gasteiger partial charge in [0.1, 0.15) is 18.2 Å². The molecule has 2 saturated carbocycles. The summed E-state index contributed by atoms with van der Waals surface area (Å²) < 4.78 is 11.9. The topological polar surface area (TPSA) is 119 Å². The van der Waals surface area contributed by atoms with Crippen molar-refractivity contribution in [1.82, 2.24) is 15.2 Å². The second-order valence-corrected chi connectivity index (χ2v) is 13.2. The Bertz CT molecular complexity index is 1370. The van der Waals surface area contributed by atoms with E-state index in [0.717, 1.165) is 17.6 Å². The summed E-state index contributed by atoms with van der Waals surface area (Å²) in [5.41, 5.74) is 1.28. The van der Waals surface area contributed by atoms with E-state index in [1.807, 2.05) is 18.2 Å². The zero-order valence-electron chi connectivity index (χ0n) is 26.9. The predicted molar refractivity (Wildman–Crippen MR) is 175 cm³/mol. The molecule has 3 N–H and O–H groups in total. The summed E-state index contributed by atoms with van der Waals surface area (Å²) in [6, 6.07) is 16.7. The van der Waals surface area contributed by atoms with E-state index in [2.05, 4.69) is 10.6 Å². The largest absolute Gasteiger partial charge is 0.480 e. The van der Waals surface area contributed by atoms with E-state index in [-0.39, 0.29) is 13.0 Å². The summed E-state index contributed by atoms with van der Waals surface area (Å²) in [7, 11) is 0. The highest BCUT2D eigenvalue weighted by atomic mass is 16.6. The Morgan fingerprint density at radius 3 is 2.02 bits per heavy atom. The Balaban J connectivity index is 0.000000293. The minimum Gasteiger partial charge on any atom is -0.480 e. The van der Waals surface area contributed by atoms with Crippen LogP contribution in [0.1, 0.15) is 96.1 Å². The average molecular weight is 620 g/mol. The van der Waals surface area contributed by atoms with Gasteiger partial charge in [-0.3, -0.25) is 4.57 Å². The molecule has 5 rings (SSSR count). The molecule has 1 amide bonds. The van der Waals surface area contributed by atoms with Gasteiger partial charge in [0.05, 0.1) is 5.52 Å². The number of ether oxygens (including phenoxy) is 2. The zero-order chi connectivity index (χ0) is 32.2. The quantitative estimate of drug-likeness (QED) is 0.238. The highest BCUT2D eigenvalue weighted by molar-refractivity contribution is 5.92. The molecule has 9 heteroatoms. The number of hydrogen-bond donors (Lipinski definition) is 3. The molecule has 3 aromatic rings. The average Bonchev–Trinajstić information content (AvgIpc) is 3.39. The fourth-order valence-corrected chi connectivity index (χ4v) is 6.07. The summed E-state index contributed by atoms with van der Waals surface area (Å²) in [5, 5.41) is 16.6. The van der Waals surface area contributed by atoms with Crippen LogP contribution in [0.3, 0.4) is 0 Å². The van der Waals surface area contributed by atoms with Gasteiger partial charge in [0.25, 0.3) is 0 Å². The third-order valence-electron chi connectivity index (χ3n) is 8.29. The molecular formula is C36H49N3O6. The standard InChI is InChI=1S/C24H26N2O6.C12H23N/c1-24(2,3)32-23(30)26-14-17(18-11-7-8-12-20(18)26)13-19(21(27)28)25-22(29)31-15-16-9-5-4-6-10-16;1-3-7-11(8-4-1)13-12-9-5-2-6-10-12/h4-12,14,19H,13,15H2,1-3H3,(H,25,29)(H,27,28);11-13H,1-10H2/t19-;/m0./s1. The maximum atomic E-state index is 12.6. The van der Waals surface area contributed by atoms with E-state index in [9.17, 15) is 19.5 Å². The first-order valence-corrected chi connectivity index (χ1v) is 16.4. The number of nitrogens with one attached hydrogen (secondary N) is 2. The number of aliphatic carboxylic acids is 1. The highest BCUT2D eigenvalue weighted by Crippen LogP contribution is 2.25. The van der Waals surface area contributed by atoms with Crippen LogP contribution in [0.15, 0.2) is 60.8 Å². The normalized spacial score (nSPS) is 16.7. The van der Waals surface area contributed by atoms with Gasteiger partial charge < -0.3 is 25.2 Å². The number of rotatable bonds is 8. The molecule has 1 atom stereocenters. The maximum absolute atomic E-state index is 12.6. The summed E-state index contributed by atoms with van der Waals surface area (Å²) >= 11 is 0. The summed E-state index contributed by atoms with van der Waals surface area (Å²) in [6.45, 7) is 5.33. The van der Waals surface area contributed by atoms with Crippen LogP contribution >= 0.6 is 0 Å². The van der Waals surface area contributed by atoms with E-state index >= 15 is 0 Å². The molecule has 2 aliphatic carbocycles. The number of alkyl carbamates (subject to hydrolysis) is 1. The highest BCUT2D eigenvalue weighted by Gasteiger charge is 2.26. The molecule has 0 bridgehead atoms. The van der Waals surface area contributed by atoms with Crippen LogP contribution in [0, 0.1) is 0 Å². The minimum atomic E-state index is -1.24. The fourth-order valence-electron chi connectivity index (χ4n) is 6.07. The van der Waals surface area contributed by atoms with Crippen molar-refractivity contribution in [3.8, 4) is 0 Å². The number of carboxylic acids is 1. The second kappa shape index (κ2) is 16.5. The summed E-state index contributed by atoms with van der Waals surface area (Å²) in [4.78, 5) is 36.6. The number of benzene rings is 2. The molecule has 2 fully saturated rings. The van der Waals surface area contributed by atoms with Crippen molar-refractivity contribution < 1.29 is 29.0 Å². The lowest BCUT2D eigenvalue weighted by atomic mass is 9.91. The molecule has 1 aromatic heterocycles. The lowest BCUT2D eigenvalue weighted by Gasteiger charge is -2.30. The Morgan fingerprint density at radius 2 is 1.44 bits per heavy atom. The number of fused-ring (bicyclic) bond motifs is 1. The molecular weight excluding hydrogens is 570 g/mol. The van der Waals surface area contributed by atoms with Gasteiger partial charge in [-0.25, -0.2) is 14.4 Å². The number of hydrogen-bond acceptors (Lipinski definition) is 6. The first-order chi connectivity index (χ1) is 21.6. The predicted octanol–water partition coefficient (Wildman–Crippen LogP) is 7.59. The van der Waals surface area contributed by atoms with E-state index < -0.39 is 29.8 Å². The van der Waals surface area contributed by atoms with Gasteiger partial charge in [0, 0.05) is 30.1 Å². The molecule has 0 aliphatic heterocycles. The van der Waals surface area contributed by atoms with E-state index in [1.54, 1.807) is 63.4 Å². The molecule has 9 nitrogen and oxygen atoms in total. The van der Waals surface area contributed by atoms with Crippen molar-refractivity contribution >= 4 is 29.1 Å². The Morgan fingerprint density at radius 1 is 0.867 bits per heavy atom.